The SMILES string of the molecule is COC(=O)CCSc1ccc(CNC(C)C)c(Cl)c1. The first-order valence-electron chi connectivity index (χ1n) is 6.24. The number of benzene rings is 1. The molecule has 0 saturated heterocycles. The molecule has 0 heterocycles. The number of ether oxygens (including phenoxy) is 1. The summed E-state index contributed by atoms with van der Waals surface area (Å²) >= 11 is 7.84. The first-order chi connectivity index (χ1) is 9.02. The molecule has 3 nitrogen and oxygen atoms in total. The molecule has 0 radical (unpaired) electrons. The van der Waals surface area contributed by atoms with Gasteiger partial charge in [-0.1, -0.05) is 31.5 Å². The molecule has 1 aromatic carbocycles. The van der Waals surface area contributed by atoms with E-state index in [0.717, 1.165) is 22.0 Å². The van der Waals surface area contributed by atoms with Crippen LogP contribution in [-0.2, 0) is 16.1 Å². The van der Waals surface area contributed by atoms with Gasteiger partial charge in [0.25, 0.3) is 0 Å². The van der Waals surface area contributed by atoms with Crippen molar-refractivity contribution < 1.29 is 9.53 Å². The monoisotopic (exact) mass is 301 g/mol. The summed E-state index contributed by atoms with van der Waals surface area (Å²) in [5.41, 5.74) is 1.09. The average molecular weight is 302 g/mol. The third-order valence-electron chi connectivity index (χ3n) is 2.53. The second kappa shape index (κ2) is 8.46. The molecule has 1 N–H and O–H groups in total. The first kappa shape index (κ1) is 16.3. The van der Waals surface area contributed by atoms with E-state index >= 15 is 0 Å². The van der Waals surface area contributed by atoms with Crippen LogP contribution in [0.25, 0.3) is 0 Å². The summed E-state index contributed by atoms with van der Waals surface area (Å²) in [6.45, 7) is 4.97. The van der Waals surface area contributed by atoms with Crippen LogP contribution in [0.3, 0.4) is 0 Å². The van der Waals surface area contributed by atoms with E-state index in [1.807, 2.05) is 18.2 Å². The van der Waals surface area contributed by atoms with Crippen molar-refractivity contribution in [2.24, 2.45) is 0 Å². The number of methoxy groups -OCH3 is 1. The molecule has 106 valence electrons. The van der Waals surface area contributed by atoms with Crippen LogP contribution in [0.4, 0.5) is 0 Å². The highest BCUT2D eigenvalue weighted by Gasteiger charge is 2.05. The Balaban J connectivity index is 2.49. The van der Waals surface area contributed by atoms with Gasteiger partial charge < -0.3 is 10.1 Å². The molecule has 0 aliphatic carbocycles. The summed E-state index contributed by atoms with van der Waals surface area (Å²) in [5, 5.41) is 4.10. The van der Waals surface area contributed by atoms with Crippen LogP contribution in [0.5, 0.6) is 0 Å². The Bertz CT molecular complexity index is 424. The van der Waals surface area contributed by atoms with Gasteiger partial charge in [-0.25, -0.2) is 0 Å². The summed E-state index contributed by atoms with van der Waals surface area (Å²) in [6, 6.07) is 6.44. The number of rotatable bonds is 7. The zero-order valence-electron chi connectivity index (χ0n) is 11.5. The maximum atomic E-state index is 11.0. The lowest BCUT2D eigenvalue weighted by Crippen LogP contribution is -2.21. The van der Waals surface area contributed by atoms with Crippen molar-refractivity contribution in [3.8, 4) is 0 Å². The molecule has 0 bridgehead atoms. The topological polar surface area (TPSA) is 38.3 Å². The third-order valence-corrected chi connectivity index (χ3v) is 3.88. The smallest absolute Gasteiger partial charge is 0.306 e. The summed E-state index contributed by atoms with van der Waals surface area (Å²) in [7, 11) is 1.40. The van der Waals surface area contributed by atoms with Crippen LogP contribution in [0, 0.1) is 0 Å². The Morgan fingerprint density at radius 2 is 2.21 bits per heavy atom. The summed E-state index contributed by atoms with van der Waals surface area (Å²) in [4.78, 5) is 12.1. The van der Waals surface area contributed by atoms with Gasteiger partial charge >= 0.3 is 5.97 Å². The molecule has 0 saturated carbocycles. The molecule has 0 aromatic heterocycles. The average Bonchev–Trinajstić information content (AvgIpc) is 2.37. The number of esters is 1. The van der Waals surface area contributed by atoms with Gasteiger partial charge in [-0.3, -0.25) is 4.79 Å². The van der Waals surface area contributed by atoms with Gasteiger partial charge in [-0.2, -0.15) is 0 Å². The van der Waals surface area contributed by atoms with E-state index in [-0.39, 0.29) is 5.97 Å². The second-order valence-electron chi connectivity index (χ2n) is 4.46. The predicted octanol–water partition coefficient (Wildman–Crippen LogP) is 3.49. The summed E-state index contributed by atoms with van der Waals surface area (Å²) in [5.74, 6) is 0.517. The van der Waals surface area contributed by atoms with Gasteiger partial charge in [0.2, 0.25) is 0 Å². The van der Waals surface area contributed by atoms with E-state index in [9.17, 15) is 4.79 Å². The lowest BCUT2D eigenvalue weighted by atomic mass is 10.2. The fourth-order valence-electron chi connectivity index (χ4n) is 1.43. The van der Waals surface area contributed by atoms with Crippen molar-refractivity contribution in [2.45, 2.75) is 37.8 Å². The molecule has 0 atom stereocenters. The van der Waals surface area contributed by atoms with Crippen LogP contribution in [0.2, 0.25) is 5.02 Å². The Hall–Kier alpha value is -0.710. The van der Waals surface area contributed by atoms with E-state index in [1.165, 1.54) is 7.11 Å². The lowest BCUT2D eigenvalue weighted by molar-refractivity contribution is -0.140. The third kappa shape index (κ3) is 6.32. The Labute approximate surface area is 124 Å². The number of halogens is 1. The standard InChI is InChI=1S/C14H20ClNO2S/c1-10(2)16-9-11-4-5-12(8-13(11)15)19-7-6-14(17)18-3/h4-5,8,10,16H,6-7,9H2,1-3H3. The molecule has 19 heavy (non-hydrogen) atoms. The summed E-state index contributed by atoms with van der Waals surface area (Å²) in [6.07, 6.45) is 0.412. The number of hydrogen-bond acceptors (Lipinski definition) is 4. The van der Waals surface area contributed by atoms with Crippen LogP contribution in [-0.4, -0.2) is 24.9 Å². The molecule has 0 spiro atoms. The van der Waals surface area contributed by atoms with Crippen LogP contribution in [0.15, 0.2) is 23.1 Å². The maximum absolute atomic E-state index is 11.0. The van der Waals surface area contributed by atoms with Gasteiger partial charge in [0, 0.05) is 28.3 Å². The van der Waals surface area contributed by atoms with Crippen molar-refractivity contribution in [3.05, 3.63) is 28.8 Å². The van der Waals surface area contributed by atoms with E-state index < -0.39 is 0 Å². The van der Waals surface area contributed by atoms with Crippen molar-refractivity contribution >= 4 is 29.3 Å². The molecule has 1 aromatic rings. The zero-order valence-corrected chi connectivity index (χ0v) is 13.1. The fraction of sp³-hybridized carbons (Fsp3) is 0.500. The summed E-state index contributed by atoms with van der Waals surface area (Å²) < 4.78 is 4.60. The van der Waals surface area contributed by atoms with Crippen molar-refractivity contribution in [1.29, 1.82) is 0 Å². The molecule has 0 amide bonds. The Morgan fingerprint density at radius 3 is 2.79 bits per heavy atom. The zero-order chi connectivity index (χ0) is 14.3. The molecule has 0 unspecified atom stereocenters. The number of thioether (sulfide) groups is 1. The quantitative estimate of drug-likeness (QED) is 0.618. The van der Waals surface area contributed by atoms with Gasteiger partial charge in [0.15, 0.2) is 0 Å². The Kier molecular flexibility index (Phi) is 7.28. The van der Waals surface area contributed by atoms with E-state index in [1.54, 1.807) is 11.8 Å². The number of nitrogens with one attached hydrogen (secondary N) is 1. The molecule has 5 heteroatoms. The van der Waals surface area contributed by atoms with Gasteiger partial charge in [-0.05, 0) is 17.7 Å². The van der Waals surface area contributed by atoms with Crippen molar-refractivity contribution in [1.82, 2.24) is 5.32 Å². The second-order valence-corrected chi connectivity index (χ2v) is 6.04. The van der Waals surface area contributed by atoms with Gasteiger partial charge in [0.1, 0.15) is 0 Å². The number of carbonyl (C=O) groups is 1. The predicted molar refractivity (Wildman–Crippen MR) is 80.8 cm³/mol. The molecule has 0 aliphatic rings. The highest BCUT2D eigenvalue weighted by atomic mass is 35.5. The number of hydrogen-bond donors (Lipinski definition) is 1. The van der Waals surface area contributed by atoms with Gasteiger partial charge in [0.05, 0.1) is 13.5 Å². The minimum atomic E-state index is -0.184. The van der Waals surface area contributed by atoms with E-state index in [4.69, 9.17) is 11.6 Å². The van der Waals surface area contributed by atoms with Crippen molar-refractivity contribution in [2.75, 3.05) is 12.9 Å². The molecule has 0 fully saturated rings. The Morgan fingerprint density at radius 1 is 1.47 bits per heavy atom. The first-order valence-corrected chi connectivity index (χ1v) is 7.60. The maximum Gasteiger partial charge on any atom is 0.306 e. The molecule has 0 aliphatic heterocycles. The van der Waals surface area contributed by atoms with Crippen molar-refractivity contribution in [3.63, 3.8) is 0 Å². The van der Waals surface area contributed by atoms with Gasteiger partial charge in [-0.15, -0.1) is 11.8 Å². The fourth-order valence-corrected chi connectivity index (χ4v) is 2.61. The largest absolute Gasteiger partial charge is 0.469 e. The minimum Gasteiger partial charge on any atom is -0.469 e. The van der Waals surface area contributed by atoms with Crippen LogP contribution < -0.4 is 5.32 Å². The van der Waals surface area contributed by atoms with E-state index in [2.05, 4.69) is 23.9 Å². The molecular weight excluding hydrogens is 282 g/mol. The van der Waals surface area contributed by atoms with E-state index in [0.29, 0.717) is 18.2 Å². The van der Waals surface area contributed by atoms with Crippen LogP contribution >= 0.6 is 23.4 Å². The highest BCUT2D eigenvalue weighted by molar-refractivity contribution is 7.99. The minimum absolute atomic E-state index is 0.184. The normalized spacial score (nSPS) is 10.8. The highest BCUT2D eigenvalue weighted by Crippen LogP contribution is 2.25. The molecular formula is C14H20ClNO2S. The lowest BCUT2D eigenvalue weighted by Gasteiger charge is -2.10. The van der Waals surface area contributed by atoms with Crippen LogP contribution in [0.1, 0.15) is 25.8 Å². The molecule has 1 rings (SSSR count). The number of carbonyl (C=O) groups excluding carboxylic acids is 1.